The normalized spacial score (nSPS) is 18.9. The highest BCUT2D eigenvalue weighted by molar-refractivity contribution is 6.33. The van der Waals surface area contributed by atoms with Gasteiger partial charge in [0.1, 0.15) is 17.6 Å². The Labute approximate surface area is 203 Å². The second-order valence-corrected chi connectivity index (χ2v) is 9.30. The van der Waals surface area contributed by atoms with Gasteiger partial charge in [-0.05, 0) is 49.8 Å². The Morgan fingerprint density at radius 3 is 2.53 bits per heavy atom. The summed E-state index contributed by atoms with van der Waals surface area (Å²) in [7, 11) is 1.81. The number of hydrogen-bond acceptors (Lipinski definition) is 5. The molecule has 3 aromatic rings. The maximum absolute atomic E-state index is 13.4. The van der Waals surface area contributed by atoms with E-state index in [-0.39, 0.29) is 17.7 Å². The van der Waals surface area contributed by atoms with Gasteiger partial charge in [-0.25, -0.2) is 4.98 Å². The monoisotopic (exact) mass is 483 g/mol. The Bertz CT molecular complexity index is 1130. The number of carbonyl (C=O) groups excluding carboxylic acids is 2. The summed E-state index contributed by atoms with van der Waals surface area (Å²) in [5, 5.41) is 14.7. The molecule has 3 heterocycles. The summed E-state index contributed by atoms with van der Waals surface area (Å²) in [5.74, 6) is 0.534. The van der Waals surface area contributed by atoms with Gasteiger partial charge in [0, 0.05) is 31.5 Å². The molecule has 1 saturated carbocycles. The molecule has 9 nitrogen and oxygen atoms in total. The van der Waals surface area contributed by atoms with Gasteiger partial charge in [-0.2, -0.15) is 10.2 Å². The standard InChI is InChI=1S/C24H30ClN7O2/c1-4-32-19(11-12-27-32)23(33)30-21(16-7-5-15(2)6-8-16)24(34)29-20-10-9-17(13-26-20)22-18(25)14-28-31(22)3/h9-16,21H,4-8H2,1-3H3,(H,30,33)(H,26,29,34)/t15?,16?,21-/m0/s1. The molecule has 180 valence electrons. The summed E-state index contributed by atoms with van der Waals surface area (Å²) in [5.41, 5.74) is 1.99. The average Bonchev–Trinajstić information content (AvgIpc) is 3.45. The van der Waals surface area contributed by atoms with Gasteiger partial charge in [0.2, 0.25) is 5.91 Å². The minimum atomic E-state index is -0.659. The van der Waals surface area contributed by atoms with E-state index in [1.165, 1.54) is 0 Å². The molecule has 34 heavy (non-hydrogen) atoms. The van der Waals surface area contributed by atoms with Crippen molar-refractivity contribution < 1.29 is 9.59 Å². The molecule has 1 aliphatic rings. The van der Waals surface area contributed by atoms with Crippen LogP contribution in [0.3, 0.4) is 0 Å². The van der Waals surface area contributed by atoms with Crippen molar-refractivity contribution in [3.8, 4) is 11.3 Å². The number of carbonyl (C=O) groups is 2. The maximum Gasteiger partial charge on any atom is 0.270 e. The van der Waals surface area contributed by atoms with Crippen LogP contribution < -0.4 is 10.6 Å². The van der Waals surface area contributed by atoms with Gasteiger partial charge in [0.15, 0.2) is 0 Å². The van der Waals surface area contributed by atoms with Gasteiger partial charge in [0.25, 0.3) is 5.91 Å². The van der Waals surface area contributed by atoms with Crippen molar-refractivity contribution in [2.45, 2.75) is 52.1 Å². The van der Waals surface area contributed by atoms with E-state index in [1.807, 2.05) is 13.0 Å². The molecule has 4 rings (SSSR count). The second kappa shape index (κ2) is 10.4. The Morgan fingerprint density at radius 1 is 1.15 bits per heavy atom. The summed E-state index contributed by atoms with van der Waals surface area (Å²) in [6.07, 6.45) is 8.67. The molecular formula is C24H30ClN7O2. The Kier molecular flexibility index (Phi) is 7.31. The number of hydrogen-bond donors (Lipinski definition) is 2. The second-order valence-electron chi connectivity index (χ2n) is 8.89. The van der Waals surface area contributed by atoms with E-state index >= 15 is 0 Å². The first-order chi connectivity index (χ1) is 16.4. The zero-order chi connectivity index (χ0) is 24.2. The van der Waals surface area contributed by atoms with Gasteiger partial charge < -0.3 is 10.6 Å². The SMILES string of the molecule is CCn1nccc1C(=O)N[C@H](C(=O)Nc1ccc(-c2c(Cl)cnn2C)cn1)C1CCC(C)CC1. The molecule has 0 saturated heterocycles. The number of aromatic nitrogens is 5. The lowest BCUT2D eigenvalue weighted by Crippen LogP contribution is -2.49. The third kappa shape index (κ3) is 5.14. The first kappa shape index (κ1) is 23.9. The van der Waals surface area contributed by atoms with Crippen LogP contribution in [0.1, 0.15) is 50.0 Å². The van der Waals surface area contributed by atoms with Crippen molar-refractivity contribution in [1.82, 2.24) is 29.9 Å². The number of pyridine rings is 1. The fourth-order valence-electron chi connectivity index (χ4n) is 4.56. The van der Waals surface area contributed by atoms with E-state index in [9.17, 15) is 9.59 Å². The van der Waals surface area contributed by atoms with Crippen molar-refractivity contribution in [2.75, 3.05) is 5.32 Å². The highest BCUT2D eigenvalue weighted by atomic mass is 35.5. The maximum atomic E-state index is 13.4. The number of anilines is 1. The molecule has 10 heteroatoms. The van der Waals surface area contributed by atoms with Crippen LogP contribution in [0, 0.1) is 11.8 Å². The van der Waals surface area contributed by atoms with Crippen LogP contribution in [-0.4, -0.2) is 42.4 Å². The van der Waals surface area contributed by atoms with E-state index < -0.39 is 6.04 Å². The summed E-state index contributed by atoms with van der Waals surface area (Å²) in [6, 6.07) is 4.57. The average molecular weight is 484 g/mol. The first-order valence-corrected chi connectivity index (χ1v) is 12.0. The molecule has 1 fully saturated rings. The third-order valence-corrected chi connectivity index (χ3v) is 6.81. The van der Waals surface area contributed by atoms with Crippen LogP contribution in [0.15, 0.2) is 36.8 Å². The zero-order valence-corrected chi connectivity index (χ0v) is 20.4. The van der Waals surface area contributed by atoms with Crippen LogP contribution in [0.5, 0.6) is 0 Å². The van der Waals surface area contributed by atoms with E-state index in [4.69, 9.17) is 11.6 Å². The van der Waals surface area contributed by atoms with Gasteiger partial charge in [0.05, 0.1) is 16.9 Å². The number of nitrogens with zero attached hydrogens (tertiary/aromatic N) is 5. The molecular weight excluding hydrogens is 454 g/mol. The highest BCUT2D eigenvalue weighted by Crippen LogP contribution is 2.31. The molecule has 0 aromatic carbocycles. The van der Waals surface area contributed by atoms with Crippen molar-refractivity contribution in [3.63, 3.8) is 0 Å². The van der Waals surface area contributed by atoms with E-state index in [2.05, 4.69) is 32.7 Å². The number of rotatable bonds is 7. The zero-order valence-electron chi connectivity index (χ0n) is 19.7. The van der Waals surface area contributed by atoms with Crippen molar-refractivity contribution in [3.05, 3.63) is 47.5 Å². The summed E-state index contributed by atoms with van der Waals surface area (Å²) < 4.78 is 3.30. The van der Waals surface area contributed by atoms with Gasteiger partial charge >= 0.3 is 0 Å². The summed E-state index contributed by atoms with van der Waals surface area (Å²) in [6.45, 7) is 4.72. The molecule has 3 aromatic heterocycles. The third-order valence-electron chi connectivity index (χ3n) is 6.53. The molecule has 0 unspecified atom stereocenters. The van der Waals surface area contributed by atoms with Crippen LogP contribution in [0.25, 0.3) is 11.3 Å². The number of amides is 2. The Balaban J connectivity index is 1.51. The minimum absolute atomic E-state index is 0.0608. The molecule has 0 bridgehead atoms. The van der Waals surface area contributed by atoms with Crippen molar-refractivity contribution in [2.24, 2.45) is 18.9 Å². The molecule has 2 amide bonds. The predicted molar refractivity (Wildman–Crippen MR) is 130 cm³/mol. The fraction of sp³-hybridized carbons (Fsp3) is 0.458. The van der Waals surface area contributed by atoms with E-state index in [0.717, 1.165) is 36.9 Å². The molecule has 1 atom stereocenters. The van der Waals surface area contributed by atoms with E-state index in [1.54, 1.807) is 47.1 Å². The van der Waals surface area contributed by atoms with Gasteiger partial charge in [-0.3, -0.25) is 19.0 Å². The Morgan fingerprint density at radius 2 is 1.91 bits per heavy atom. The predicted octanol–water partition coefficient (Wildman–Crippen LogP) is 3.92. The lowest BCUT2D eigenvalue weighted by Gasteiger charge is -2.32. The molecule has 1 aliphatic carbocycles. The molecule has 2 N–H and O–H groups in total. The summed E-state index contributed by atoms with van der Waals surface area (Å²) >= 11 is 6.23. The van der Waals surface area contributed by atoms with Crippen LogP contribution in [0.4, 0.5) is 5.82 Å². The molecule has 0 radical (unpaired) electrons. The number of nitrogens with one attached hydrogen (secondary N) is 2. The van der Waals surface area contributed by atoms with Crippen molar-refractivity contribution in [1.29, 1.82) is 0 Å². The van der Waals surface area contributed by atoms with E-state index in [0.29, 0.717) is 29.0 Å². The number of aryl methyl sites for hydroxylation is 2. The van der Waals surface area contributed by atoms with Crippen molar-refractivity contribution >= 4 is 29.2 Å². The van der Waals surface area contributed by atoms with Crippen LogP contribution >= 0.6 is 11.6 Å². The molecule has 0 aliphatic heterocycles. The minimum Gasteiger partial charge on any atom is -0.339 e. The lowest BCUT2D eigenvalue weighted by atomic mass is 9.79. The smallest absolute Gasteiger partial charge is 0.270 e. The van der Waals surface area contributed by atoms with Crippen LogP contribution in [0.2, 0.25) is 5.02 Å². The quantitative estimate of drug-likeness (QED) is 0.529. The topological polar surface area (TPSA) is 107 Å². The van der Waals surface area contributed by atoms with Crippen LogP contribution in [-0.2, 0) is 18.4 Å². The number of halogens is 1. The molecule has 0 spiro atoms. The van der Waals surface area contributed by atoms with Gasteiger partial charge in [-0.1, -0.05) is 31.4 Å². The van der Waals surface area contributed by atoms with Gasteiger partial charge in [-0.15, -0.1) is 0 Å². The summed E-state index contributed by atoms with van der Waals surface area (Å²) in [4.78, 5) is 30.8. The lowest BCUT2D eigenvalue weighted by molar-refractivity contribution is -0.119. The fourth-order valence-corrected chi connectivity index (χ4v) is 4.83. The first-order valence-electron chi connectivity index (χ1n) is 11.6. The Hall–Kier alpha value is -3.20. The highest BCUT2D eigenvalue weighted by Gasteiger charge is 2.33. The largest absolute Gasteiger partial charge is 0.339 e.